The number of carbonyl (C=O) groups excluding carboxylic acids is 1. The SMILES string of the molecule is CC(C)(CC(=O)N1CCCC(C(F)(F)F)C1)C(=O)O. The molecule has 0 spiro atoms. The fraction of sp³-hybridized carbons (Fsp3) is 0.833. The van der Waals surface area contributed by atoms with Gasteiger partial charge in [-0.15, -0.1) is 0 Å². The Bertz CT molecular complexity index is 366. The number of hydrogen-bond acceptors (Lipinski definition) is 2. The van der Waals surface area contributed by atoms with Crippen molar-refractivity contribution in [3.8, 4) is 0 Å². The maximum atomic E-state index is 12.6. The summed E-state index contributed by atoms with van der Waals surface area (Å²) in [6, 6.07) is 0. The molecule has 1 aliphatic heterocycles. The summed E-state index contributed by atoms with van der Waals surface area (Å²) in [5.41, 5.74) is -1.26. The Balaban J connectivity index is 2.65. The Kier molecular flexibility index (Phi) is 4.47. The number of nitrogens with zero attached hydrogens (tertiary/aromatic N) is 1. The zero-order valence-corrected chi connectivity index (χ0v) is 11.0. The van der Waals surface area contributed by atoms with Gasteiger partial charge in [-0.3, -0.25) is 9.59 Å². The minimum atomic E-state index is -4.30. The lowest BCUT2D eigenvalue weighted by Crippen LogP contribution is -2.46. The van der Waals surface area contributed by atoms with Crippen LogP contribution in [-0.4, -0.2) is 41.1 Å². The summed E-state index contributed by atoms with van der Waals surface area (Å²) < 4.78 is 37.8. The molecule has 7 heteroatoms. The lowest BCUT2D eigenvalue weighted by molar-refractivity contribution is -0.188. The minimum Gasteiger partial charge on any atom is -0.481 e. The van der Waals surface area contributed by atoms with Crippen molar-refractivity contribution >= 4 is 11.9 Å². The van der Waals surface area contributed by atoms with Crippen LogP contribution in [0, 0.1) is 11.3 Å². The zero-order chi connectivity index (χ0) is 14.8. The maximum absolute atomic E-state index is 12.6. The van der Waals surface area contributed by atoms with E-state index in [9.17, 15) is 22.8 Å². The van der Waals surface area contributed by atoms with Gasteiger partial charge in [0.25, 0.3) is 0 Å². The van der Waals surface area contributed by atoms with Crippen molar-refractivity contribution in [3.05, 3.63) is 0 Å². The molecule has 4 nitrogen and oxygen atoms in total. The topological polar surface area (TPSA) is 57.6 Å². The third-order valence-electron chi connectivity index (χ3n) is 3.41. The summed E-state index contributed by atoms with van der Waals surface area (Å²) in [7, 11) is 0. The Morgan fingerprint density at radius 3 is 2.37 bits per heavy atom. The predicted molar refractivity (Wildman–Crippen MR) is 61.4 cm³/mol. The number of likely N-dealkylation sites (tertiary alicyclic amines) is 1. The van der Waals surface area contributed by atoms with E-state index >= 15 is 0 Å². The number of halogens is 3. The first-order valence-corrected chi connectivity index (χ1v) is 6.12. The standard InChI is InChI=1S/C12H18F3NO3/c1-11(2,10(18)19)6-9(17)16-5-3-4-8(7-16)12(13,14)15/h8H,3-7H2,1-2H3,(H,18,19). The molecule has 1 rings (SSSR count). The molecule has 1 amide bonds. The maximum Gasteiger partial charge on any atom is 0.393 e. The molecular formula is C12H18F3NO3. The van der Waals surface area contributed by atoms with Gasteiger partial charge in [-0.05, 0) is 26.7 Å². The van der Waals surface area contributed by atoms with Crippen LogP contribution in [-0.2, 0) is 9.59 Å². The molecule has 0 saturated carbocycles. The number of hydrogen-bond donors (Lipinski definition) is 1. The van der Waals surface area contributed by atoms with Crippen molar-refractivity contribution in [3.63, 3.8) is 0 Å². The molecule has 1 heterocycles. The van der Waals surface area contributed by atoms with Gasteiger partial charge < -0.3 is 10.0 Å². The molecule has 1 fully saturated rings. The summed E-state index contributed by atoms with van der Waals surface area (Å²) in [6.07, 6.45) is -4.27. The smallest absolute Gasteiger partial charge is 0.393 e. The molecule has 1 atom stereocenters. The lowest BCUT2D eigenvalue weighted by Gasteiger charge is -2.35. The molecule has 0 radical (unpaired) electrons. The van der Waals surface area contributed by atoms with Crippen LogP contribution in [0.2, 0.25) is 0 Å². The van der Waals surface area contributed by atoms with E-state index in [0.29, 0.717) is 6.42 Å². The predicted octanol–water partition coefficient (Wildman–Crippen LogP) is 2.29. The first-order valence-electron chi connectivity index (χ1n) is 6.12. The van der Waals surface area contributed by atoms with Crippen LogP contribution in [0.4, 0.5) is 13.2 Å². The zero-order valence-electron chi connectivity index (χ0n) is 11.0. The van der Waals surface area contributed by atoms with Crippen LogP contribution in [0.3, 0.4) is 0 Å². The number of carboxylic acids is 1. The normalized spacial score (nSPS) is 21.3. The van der Waals surface area contributed by atoms with Gasteiger partial charge in [0.05, 0.1) is 11.3 Å². The van der Waals surface area contributed by atoms with Crippen LogP contribution in [0.1, 0.15) is 33.1 Å². The van der Waals surface area contributed by atoms with E-state index in [0.717, 1.165) is 4.90 Å². The number of piperidine rings is 1. The van der Waals surface area contributed by atoms with Gasteiger partial charge in [-0.25, -0.2) is 0 Å². The van der Waals surface area contributed by atoms with Crippen molar-refractivity contribution in [1.29, 1.82) is 0 Å². The lowest BCUT2D eigenvalue weighted by atomic mass is 9.88. The summed E-state index contributed by atoms with van der Waals surface area (Å²) >= 11 is 0. The number of amides is 1. The second kappa shape index (κ2) is 5.38. The van der Waals surface area contributed by atoms with Gasteiger partial charge in [0.15, 0.2) is 0 Å². The summed E-state index contributed by atoms with van der Waals surface area (Å²) in [6.45, 7) is 2.68. The number of carboxylic acid groups (broad SMARTS) is 1. The van der Waals surface area contributed by atoms with E-state index in [1.165, 1.54) is 13.8 Å². The highest BCUT2D eigenvalue weighted by Gasteiger charge is 2.43. The van der Waals surface area contributed by atoms with Gasteiger partial charge in [0.2, 0.25) is 5.91 Å². The molecule has 1 unspecified atom stereocenters. The van der Waals surface area contributed by atoms with Crippen LogP contribution in [0.15, 0.2) is 0 Å². The van der Waals surface area contributed by atoms with E-state index in [1.54, 1.807) is 0 Å². The largest absolute Gasteiger partial charge is 0.481 e. The number of rotatable bonds is 3. The van der Waals surface area contributed by atoms with E-state index in [1.807, 2.05) is 0 Å². The van der Waals surface area contributed by atoms with E-state index < -0.39 is 29.4 Å². The summed E-state index contributed by atoms with van der Waals surface area (Å²) in [5.74, 6) is -3.16. The van der Waals surface area contributed by atoms with Gasteiger partial charge >= 0.3 is 12.1 Å². The molecule has 0 aliphatic carbocycles. The molecule has 1 saturated heterocycles. The minimum absolute atomic E-state index is 0.0234. The van der Waals surface area contributed by atoms with Crippen LogP contribution >= 0.6 is 0 Å². The van der Waals surface area contributed by atoms with Crippen molar-refractivity contribution in [2.45, 2.75) is 39.3 Å². The Morgan fingerprint density at radius 1 is 1.32 bits per heavy atom. The fourth-order valence-corrected chi connectivity index (χ4v) is 2.04. The molecule has 0 bridgehead atoms. The highest BCUT2D eigenvalue weighted by atomic mass is 19.4. The van der Waals surface area contributed by atoms with Crippen LogP contribution < -0.4 is 0 Å². The molecule has 0 aromatic rings. The average Bonchev–Trinajstić information content (AvgIpc) is 2.27. The molecule has 1 N–H and O–H groups in total. The summed E-state index contributed by atoms with van der Waals surface area (Å²) in [5, 5.41) is 8.92. The molecule has 0 aromatic carbocycles. The first-order chi connectivity index (χ1) is 8.54. The van der Waals surface area contributed by atoms with Gasteiger partial charge in [0, 0.05) is 19.5 Å². The van der Waals surface area contributed by atoms with Crippen LogP contribution in [0.25, 0.3) is 0 Å². The highest BCUT2D eigenvalue weighted by molar-refractivity contribution is 5.84. The molecule has 0 aromatic heterocycles. The Labute approximate surface area is 109 Å². The van der Waals surface area contributed by atoms with E-state index in [4.69, 9.17) is 5.11 Å². The van der Waals surface area contributed by atoms with Crippen molar-refractivity contribution in [2.75, 3.05) is 13.1 Å². The second-order valence-corrected chi connectivity index (χ2v) is 5.59. The molecular weight excluding hydrogens is 263 g/mol. The van der Waals surface area contributed by atoms with Crippen molar-refractivity contribution in [2.24, 2.45) is 11.3 Å². The third kappa shape index (κ3) is 4.11. The van der Waals surface area contributed by atoms with Crippen molar-refractivity contribution in [1.82, 2.24) is 4.90 Å². The van der Waals surface area contributed by atoms with Gasteiger partial charge in [0.1, 0.15) is 0 Å². The Morgan fingerprint density at radius 2 is 1.89 bits per heavy atom. The van der Waals surface area contributed by atoms with Crippen LogP contribution in [0.5, 0.6) is 0 Å². The third-order valence-corrected chi connectivity index (χ3v) is 3.41. The van der Waals surface area contributed by atoms with E-state index in [-0.39, 0.29) is 25.9 Å². The Hall–Kier alpha value is -1.27. The first kappa shape index (κ1) is 15.8. The monoisotopic (exact) mass is 281 g/mol. The van der Waals surface area contributed by atoms with Gasteiger partial charge in [-0.2, -0.15) is 13.2 Å². The second-order valence-electron chi connectivity index (χ2n) is 5.59. The van der Waals surface area contributed by atoms with Crippen molar-refractivity contribution < 1.29 is 27.9 Å². The fourth-order valence-electron chi connectivity index (χ4n) is 2.04. The molecule has 1 aliphatic rings. The van der Waals surface area contributed by atoms with Gasteiger partial charge in [-0.1, -0.05) is 0 Å². The number of aliphatic carboxylic acids is 1. The quantitative estimate of drug-likeness (QED) is 0.863. The molecule has 19 heavy (non-hydrogen) atoms. The number of alkyl halides is 3. The summed E-state index contributed by atoms with van der Waals surface area (Å²) in [4.78, 5) is 23.9. The number of carbonyl (C=O) groups is 2. The average molecular weight is 281 g/mol. The van der Waals surface area contributed by atoms with E-state index in [2.05, 4.69) is 0 Å². The highest BCUT2D eigenvalue weighted by Crippen LogP contribution is 2.34. The molecule has 110 valence electrons.